The standard InChI is InChI=1S/C30H26O6/c31-29(35-21-23-7-3-1-4-8-23)25-11-15-27(16-12-25)33-19-20-34-28-17-13-26(14-18-28)30(32)36-22-24-9-5-2-6-10-24/h1-18H,19-22H2. The fourth-order valence-corrected chi connectivity index (χ4v) is 3.31. The van der Waals surface area contributed by atoms with E-state index in [4.69, 9.17) is 18.9 Å². The third kappa shape index (κ3) is 7.46. The fraction of sp³-hybridized carbons (Fsp3) is 0.133. The van der Waals surface area contributed by atoms with Gasteiger partial charge in [-0.25, -0.2) is 9.59 Å². The number of esters is 2. The molecule has 0 spiro atoms. The van der Waals surface area contributed by atoms with Crippen molar-refractivity contribution in [3.8, 4) is 11.5 Å². The number of ether oxygens (including phenoxy) is 4. The first-order valence-corrected chi connectivity index (χ1v) is 11.6. The molecule has 0 saturated carbocycles. The first-order chi connectivity index (χ1) is 17.7. The summed E-state index contributed by atoms with van der Waals surface area (Å²) in [5.41, 5.74) is 2.78. The Kier molecular flexibility index (Phi) is 8.70. The molecule has 0 heterocycles. The van der Waals surface area contributed by atoms with Crippen LogP contribution in [0.1, 0.15) is 31.8 Å². The Labute approximate surface area is 210 Å². The molecule has 0 radical (unpaired) electrons. The van der Waals surface area contributed by atoms with E-state index in [1.807, 2.05) is 60.7 Å². The maximum Gasteiger partial charge on any atom is 0.338 e. The highest BCUT2D eigenvalue weighted by Gasteiger charge is 2.09. The van der Waals surface area contributed by atoms with E-state index in [9.17, 15) is 9.59 Å². The lowest BCUT2D eigenvalue weighted by Gasteiger charge is -2.10. The third-order valence-electron chi connectivity index (χ3n) is 5.23. The molecular weight excluding hydrogens is 456 g/mol. The van der Waals surface area contributed by atoms with Gasteiger partial charge in [-0.2, -0.15) is 0 Å². The van der Waals surface area contributed by atoms with Gasteiger partial charge in [-0.05, 0) is 59.7 Å². The van der Waals surface area contributed by atoms with Crippen LogP contribution in [0.25, 0.3) is 0 Å². The molecular formula is C30H26O6. The van der Waals surface area contributed by atoms with Gasteiger partial charge in [-0.3, -0.25) is 0 Å². The lowest BCUT2D eigenvalue weighted by atomic mass is 10.2. The summed E-state index contributed by atoms with van der Waals surface area (Å²) in [6.07, 6.45) is 0. The van der Waals surface area contributed by atoms with E-state index >= 15 is 0 Å². The predicted molar refractivity (Wildman–Crippen MR) is 135 cm³/mol. The van der Waals surface area contributed by atoms with Crippen molar-refractivity contribution in [3.63, 3.8) is 0 Å². The summed E-state index contributed by atoms with van der Waals surface area (Å²) >= 11 is 0. The number of hydrogen-bond acceptors (Lipinski definition) is 6. The molecule has 0 atom stereocenters. The van der Waals surface area contributed by atoms with Crippen LogP contribution >= 0.6 is 0 Å². The van der Waals surface area contributed by atoms with Crippen LogP contribution in [0.15, 0.2) is 109 Å². The summed E-state index contributed by atoms with van der Waals surface area (Å²) in [6.45, 7) is 1.09. The highest BCUT2D eigenvalue weighted by molar-refractivity contribution is 5.90. The first-order valence-electron chi connectivity index (χ1n) is 11.6. The quantitative estimate of drug-likeness (QED) is 0.197. The Hall–Kier alpha value is -4.58. The molecule has 0 N–H and O–H groups in total. The van der Waals surface area contributed by atoms with E-state index in [1.165, 1.54) is 0 Å². The zero-order valence-electron chi connectivity index (χ0n) is 19.7. The summed E-state index contributed by atoms with van der Waals surface area (Å²) in [5.74, 6) is 0.465. The second-order valence-corrected chi connectivity index (χ2v) is 7.87. The number of rotatable bonds is 11. The van der Waals surface area contributed by atoms with E-state index < -0.39 is 0 Å². The molecule has 4 rings (SSSR count). The van der Waals surface area contributed by atoms with E-state index in [2.05, 4.69) is 0 Å². The number of hydrogen-bond donors (Lipinski definition) is 0. The van der Waals surface area contributed by atoms with Crippen molar-refractivity contribution in [2.24, 2.45) is 0 Å². The van der Waals surface area contributed by atoms with E-state index in [0.717, 1.165) is 11.1 Å². The van der Waals surface area contributed by atoms with Crippen LogP contribution < -0.4 is 9.47 Å². The molecule has 0 amide bonds. The number of carbonyl (C=O) groups excluding carboxylic acids is 2. The molecule has 0 aromatic heterocycles. The Bertz CT molecular complexity index is 1140. The van der Waals surface area contributed by atoms with Crippen molar-refractivity contribution < 1.29 is 28.5 Å². The average molecular weight is 483 g/mol. The Balaban J connectivity index is 1.15. The van der Waals surface area contributed by atoms with Gasteiger partial charge in [0.2, 0.25) is 0 Å². The fourth-order valence-electron chi connectivity index (χ4n) is 3.31. The summed E-state index contributed by atoms with van der Waals surface area (Å²) < 4.78 is 22.0. The van der Waals surface area contributed by atoms with Gasteiger partial charge in [0, 0.05) is 0 Å². The van der Waals surface area contributed by atoms with Crippen LogP contribution in [0.4, 0.5) is 0 Å². The van der Waals surface area contributed by atoms with Crippen LogP contribution in [0.3, 0.4) is 0 Å². The van der Waals surface area contributed by atoms with Gasteiger partial charge in [-0.15, -0.1) is 0 Å². The van der Waals surface area contributed by atoms with Crippen LogP contribution in [0, 0.1) is 0 Å². The first kappa shape index (κ1) is 24.5. The predicted octanol–water partition coefficient (Wildman–Crippen LogP) is 5.86. The van der Waals surface area contributed by atoms with Gasteiger partial charge >= 0.3 is 11.9 Å². The van der Waals surface area contributed by atoms with Crippen molar-refractivity contribution in [1.82, 2.24) is 0 Å². The topological polar surface area (TPSA) is 71.1 Å². The summed E-state index contributed by atoms with van der Waals surface area (Å²) in [4.78, 5) is 24.4. The minimum absolute atomic E-state index is 0.227. The molecule has 0 bridgehead atoms. The second-order valence-electron chi connectivity index (χ2n) is 7.87. The molecule has 0 aliphatic carbocycles. The van der Waals surface area contributed by atoms with E-state index in [1.54, 1.807) is 48.5 Å². The molecule has 4 aromatic carbocycles. The minimum Gasteiger partial charge on any atom is -0.490 e. The summed E-state index contributed by atoms with van der Waals surface area (Å²) in [5, 5.41) is 0. The monoisotopic (exact) mass is 482 g/mol. The van der Waals surface area contributed by atoms with Crippen LogP contribution in [-0.2, 0) is 22.7 Å². The maximum absolute atomic E-state index is 12.2. The molecule has 0 aliphatic rings. The normalized spacial score (nSPS) is 10.3. The molecule has 36 heavy (non-hydrogen) atoms. The van der Waals surface area contributed by atoms with Crippen LogP contribution in [0.5, 0.6) is 11.5 Å². The Morgan fingerprint density at radius 1 is 0.472 bits per heavy atom. The van der Waals surface area contributed by atoms with Crippen molar-refractivity contribution in [1.29, 1.82) is 0 Å². The average Bonchev–Trinajstić information content (AvgIpc) is 2.94. The molecule has 6 heteroatoms. The molecule has 0 unspecified atom stereocenters. The zero-order chi connectivity index (χ0) is 25.0. The highest BCUT2D eigenvalue weighted by Crippen LogP contribution is 2.16. The van der Waals surface area contributed by atoms with Crippen LogP contribution in [0.2, 0.25) is 0 Å². The third-order valence-corrected chi connectivity index (χ3v) is 5.23. The second kappa shape index (κ2) is 12.8. The molecule has 4 aromatic rings. The molecule has 6 nitrogen and oxygen atoms in total. The molecule has 0 fully saturated rings. The van der Waals surface area contributed by atoms with Crippen molar-refractivity contribution >= 4 is 11.9 Å². The number of carbonyl (C=O) groups is 2. The van der Waals surface area contributed by atoms with Crippen molar-refractivity contribution in [2.75, 3.05) is 13.2 Å². The highest BCUT2D eigenvalue weighted by atomic mass is 16.5. The summed E-state index contributed by atoms with van der Waals surface area (Å²) in [7, 11) is 0. The van der Waals surface area contributed by atoms with Gasteiger partial charge in [-0.1, -0.05) is 60.7 Å². The molecule has 182 valence electrons. The molecule has 0 aliphatic heterocycles. The van der Waals surface area contributed by atoms with Gasteiger partial charge in [0.05, 0.1) is 11.1 Å². The van der Waals surface area contributed by atoms with Crippen molar-refractivity contribution in [2.45, 2.75) is 13.2 Å². The Morgan fingerprint density at radius 3 is 1.19 bits per heavy atom. The van der Waals surface area contributed by atoms with E-state index in [0.29, 0.717) is 35.8 Å². The molecule has 0 saturated heterocycles. The lowest BCUT2D eigenvalue weighted by Crippen LogP contribution is -2.10. The minimum atomic E-state index is -0.388. The maximum atomic E-state index is 12.2. The lowest BCUT2D eigenvalue weighted by molar-refractivity contribution is 0.0464. The zero-order valence-corrected chi connectivity index (χ0v) is 19.7. The smallest absolute Gasteiger partial charge is 0.338 e. The van der Waals surface area contributed by atoms with Crippen molar-refractivity contribution in [3.05, 3.63) is 131 Å². The van der Waals surface area contributed by atoms with Gasteiger partial charge in [0.25, 0.3) is 0 Å². The van der Waals surface area contributed by atoms with E-state index in [-0.39, 0.29) is 25.2 Å². The Morgan fingerprint density at radius 2 is 0.833 bits per heavy atom. The van der Waals surface area contributed by atoms with Gasteiger partial charge in [0.15, 0.2) is 0 Å². The van der Waals surface area contributed by atoms with Crippen LogP contribution in [-0.4, -0.2) is 25.2 Å². The summed E-state index contributed by atoms with van der Waals surface area (Å²) in [6, 6.07) is 32.6. The number of benzene rings is 4. The largest absolute Gasteiger partial charge is 0.490 e. The van der Waals surface area contributed by atoms with Gasteiger partial charge < -0.3 is 18.9 Å². The van der Waals surface area contributed by atoms with Gasteiger partial charge in [0.1, 0.15) is 37.9 Å². The SMILES string of the molecule is O=C(OCc1ccccc1)c1ccc(OCCOc2ccc(C(=O)OCc3ccccc3)cc2)cc1.